The first kappa shape index (κ1) is 9.49. The highest BCUT2D eigenvalue weighted by atomic mass is 19.1. The van der Waals surface area contributed by atoms with Crippen molar-refractivity contribution in [3.63, 3.8) is 0 Å². The number of esters is 1. The quantitative estimate of drug-likeness (QED) is 0.599. The number of methoxy groups -OCH3 is 1. The summed E-state index contributed by atoms with van der Waals surface area (Å²) >= 11 is 0. The Morgan fingerprint density at radius 3 is 2.42 bits per heavy atom. The number of halogens is 1. The predicted molar refractivity (Wildman–Crippen MR) is 43.5 cm³/mol. The number of hydrogen-bond donors (Lipinski definition) is 0. The molecule has 0 atom stereocenters. The van der Waals surface area contributed by atoms with Gasteiger partial charge in [0.15, 0.2) is 0 Å². The second-order valence-electron chi connectivity index (χ2n) is 3.47. The summed E-state index contributed by atoms with van der Waals surface area (Å²) in [6.45, 7) is -0.570. The molecule has 70 valence electrons. The Balaban J connectivity index is 2.66. The van der Waals surface area contributed by atoms with Crippen molar-refractivity contribution in [3.05, 3.63) is 0 Å². The average Bonchev–Trinajstić information content (AvgIpc) is 2.17. The summed E-state index contributed by atoms with van der Waals surface area (Å²) < 4.78 is 17.3. The second kappa shape index (κ2) is 3.87. The predicted octanol–water partition coefficient (Wildman–Crippen LogP) is 2.08. The highest BCUT2D eigenvalue weighted by Gasteiger charge is 2.40. The summed E-state index contributed by atoms with van der Waals surface area (Å²) in [5, 5.41) is 0. The fourth-order valence-electron chi connectivity index (χ4n) is 1.84. The van der Waals surface area contributed by atoms with Crippen LogP contribution in [0.5, 0.6) is 0 Å². The zero-order valence-corrected chi connectivity index (χ0v) is 7.44. The molecule has 1 rings (SSSR count). The van der Waals surface area contributed by atoms with E-state index in [4.69, 9.17) is 0 Å². The molecule has 0 aromatic heterocycles. The van der Waals surface area contributed by atoms with Crippen LogP contribution in [-0.2, 0) is 9.53 Å². The molecule has 0 radical (unpaired) electrons. The van der Waals surface area contributed by atoms with Crippen molar-refractivity contribution in [2.45, 2.75) is 32.1 Å². The van der Waals surface area contributed by atoms with Crippen molar-refractivity contribution in [2.75, 3.05) is 13.8 Å². The van der Waals surface area contributed by atoms with Crippen molar-refractivity contribution in [2.24, 2.45) is 5.41 Å². The molecule has 1 aliphatic rings. The van der Waals surface area contributed by atoms with Crippen molar-refractivity contribution >= 4 is 5.97 Å². The van der Waals surface area contributed by atoms with Crippen LogP contribution in [0.15, 0.2) is 0 Å². The third-order valence-corrected chi connectivity index (χ3v) is 2.68. The van der Waals surface area contributed by atoms with Crippen LogP contribution in [0.1, 0.15) is 32.1 Å². The molecule has 0 aliphatic heterocycles. The lowest BCUT2D eigenvalue weighted by Crippen LogP contribution is -2.36. The first-order chi connectivity index (χ1) is 5.75. The molecule has 0 N–H and O–H groups in total. The second-order valence-corrected chi connectivity index (χ2v) is 3.47. The van der Waals surface area contributed by atoms with E-state index in [9.17, 15) is 9.18 Å². The number of alkyl halides is 1. The lowest BCUT2D eigenvalue weighted by Gasteiger charge is -2.31. The minimum atomic E-state index is -0.799. The van der Waals surface area contributed by atoms with Gasteiger partial charge >= 0.3 is 5.97 Å². The summed E-state index contributed by atoms with van der Waals surface area (Å²) in [5.74, 6) is -0.371. The fraction of sp³-hybridized carbons (Fsp3) is 0.889. The number of carbonyl (C=O) groups excluding carboxylic acids is 1. The Morgan fingerprint density at radius 2 is 2.00 bits per heavy atom. The minimum Gasteiger partial charge on any atom is -0.469 e. The monoisotopic (exact) mass is 174 g/mol. The molecule has 0 bridgehead atoms. The van der Waals surface area contributed by atoms with Crippen LogP contribution in [0.3, 0.4) is 0 Å². The van der Waals surface area contributed by atoms with Gasteiger partial charge in [-0.05, 0) is 12.8 Å². The highest BCUT2D eigenvalue weighted by Crippen LogP contribution is 2.37. The Morgan fingerprint density at radius 1 is 1.42 bits per heavy atom. The molecular weight excluding hydrogens is 159 g/mol. The molecule has 12 heavy (non-hydrogen) atoms. The molecule has 0 aromatic carbocycles. The van der Waals surface area contributed by atoms with Gasteiger partial charge in [0.25, 0.3) is 0 Å². The zero-order chi connectivity index (χ0) is 9.03. The van der Waals surface area contributed by atoms with Crippen molar-refractivity contribution < 1.29 is 13.9 Å². The normalized spacial score (nSPS) is 21.8. The summed E-state index contributed by atoms with van der Waals surface area (Å²) in [6.07, 6.45) is 4.29. The standard InChI is InChI=1S/C9H15FO2/c1-12-8(11)9(7-10)5-3-2-4-6-9/h2-7H2,1H3. The number of carbonyl (C=O) groups is 1. The highest BCUT2D eigenvalue weighted by molar-refractivity contribution is 5.77. The molecular formula is C9H15FO2. The maximum Gasteiger partial charge on any atom is 0.314 e. The van der Waals surface area contributed by atoms with Crippen LogP contribution in [-0.4, -0.2) is 19.8 Å². The third kappa shape index (κ3) is 1.59. The fourth-order valence-corrected chi connectivity index (χ4v) is 1.84. The van der Waals surface area contributed by atoms with Crippen LogP contribution in [0, 0.1) is 5.41 Å². The van der Waals surface area contributed by atoms with Gasteiger partial charge in [0.05, 0.1) is 12.5 Å². The smallest absolute Gasteiger partial charge is 0.314 e. The van der Waals surface area contributed by atoms with Gasteiger partial charge < -0.3 is 4.74 Å². The summed E-state index contributed by atoms with van der Waals surface area (Å²) in [5.41, 5.74) is -0.799. The number of rotatable bonds is 2. The van der Waals surface area contributed by atoms with Gasteiger partial charge in [-0.25, -0.2) is 4.39 Å². The van der Waals surface area contributed by atoms with E-state index in [0.717, 1.165) is 19.3 Å². The molecule has 1 aliphatic carbocycles. The molecule has 1 fully saturated rings. The molecule has 0 spiro atoms. The van der Waals surface area contributed by atoms with E-state index in [1.54, 1.807) is 0 Å². The molecule has 0 heterocycles. The van der Waals surface area contributed by atoms with Crippen molar-refractivity contribution in [3.8, 4) is 0 Å². The van der Waals surface area contributed by atoms with Gasteiger partial charge in [0, 0.05) is 0 Å². The lowest BCUT2D eigenvalue weighted by molar-refractivity contribution is -0.156. The van der Waals surface area contributed by atoms with E-state index in [2.05, 4.69) is 4.74 Å². The van der Waals surface area contributed by atoms with Crippen LogP contribution in [0.2, 0.25) is 0 Å². The average molecular weight is 174 g/mol. The third-order valence-electron chi connectivity index (χ3n) is 2.68. The Bertz CT molecular complexity index is 162. The summed E-state index contributed by atoms with van der Waals surface area (Å²) in [7, 11) is 1.33. The van der Waals surface area contributed by atoms with Gasteiger partial charge in [-0.15, -0.1) is 0 Å². The Labute approximate surface area is 72.1 Å². The minimum absolute atomic E-state index is 0.371. The summed E-state index contributed by atoms with van der Waals surface area (Å²) in [6, 6.07) is 0. The van der Waals surface area contributed by atoms with Gasteiger partial charge in [-0.3, -0.25) is 4.79 Å². The molecule has 0 saturated heterocycles. The molecule has 0 unspecified atom stereocenters. The van der Waals surface area contributed by atoms with E-state index in [0.29, 0.717) is 12.8 Å². The molecule has 1 saturated carbocycles. The van der Waals surface area contributed by atoms with Gasteiger partial charge in [-0.1, -0.05) is 19.3 Å². The molecule has 0 aromatic rings. The number of hydrogen-bond acceptors (Lipinski definition) is 2. The van der Waals surface area contributed by atoms with Gasteiger partial charge in [0.1, 0.15) is 6.67 Å². The molecule has 0 amide bonds. The van der Waals surface area contributed by atoms with Crippen molar-refractivity contribution in [1.82, 2.24) is 0 Å². The van der Waals surface area contributed by atoms with Crippen LogP contribution in [0.4, 0.5) is 4.39 Å². The zero-order valence-electron chi connectivity index (χ0n) is 7.44. The SMILES string of the molecule is COC(=O)C1(CF)CCCCC1. The van der Waals surface area contributed by atoms with E-state index < -0.39 is 12.1 Å². The first-order valence-corrected chi connectivity index (χ1v) is 4.39. The van der Waals surface area contributed by atoms with Crippen LogP contribution in [0.25, 0.3) is 0 Å². The summed E-state index contributed by atoms with van der Waals surface area (Å²) in [4.78, 5) is 11.3. The van der Waals surface area contributed by atoms with E-state index in [1.807, 2.05) is 0 Å². The van der Waals surface area contributed by atoms with Crippen LogP contribution >= 0.6 is 0 Å². The van der Waals surface area contributed by atoms with Crippen molar-refractivity contribution in [1.29, 1.82) is 0 Å². The Hall–Kier alpha value is -0.600. The molecule has 3 heteroatoms. The molecule has 2 nitrogen and oxygen atoms in total. The topological polar surface area (TPSA) is 26.3 Å². The van der Waals surface area contributed by atoms with E-state index in [1.165, 1.54) is 7.11 Å². The maximum atomic E-state index is 12.7. The Kier molecular flexibility index (Phi) is 3.06. The lowest BCUT2D eigenvalue weighted by atomic mass is 9.75. The first-order valence-electron chi connectivity index (χ1n) is 4.39. The largest absolute Gasteiger partial charge is 0.469 e. The maximum absolute atomic E-state index is 12.7. The van der Waals surface area contributed by atoms with Crippen LogP contribution < -0.4 is 0 Å². The van der Waals surface area contributed by atoms with Gasteiger partial charge in [-0.2, -0.15) is 0 Å². The van der Waals surface area contributed by atoms with E-state index in [-0.39, 0.29) is 5.97 Å². The van der Waals surface area contributed by atoms with Gasteiger partial charge in [0.2, 0.25) is 0 Å². The van der Waals surface area contributed by atoms with E-state index >= 15 is 0 Å². The number of ether oxygens (including phenoxy) is 1.